The molecular weight excluding hydrogens is 311 g/mol. The maximum atomic E-state index is 8.43. The van der Waals surface area contributed by atoms with E-state index in [9.17, 15) is 0 Å². The van der Waals surface area contributed by atoms with Crippen LogP contribution in [-0.4, -0.2) is 11.9 Å². The van der Waals surface area contributed by atoms with Gasteiger partial charge in [0.2, 0.25) is 0 Å². The maximum Gasteiger partial charge on any atom is 1.00 e. The van der Waals surface area contributed by atoms with Gasteiger partial charge in [-0.3, -0.25) is 0 Å². The molecule has 0 heterocycles. The van der Waals surface area contributed by atoms with E-state index in [1.54, 1.807) is 12.1 Å². The molecule has 0 aliphatic rings. The molecule has 0 spiro atoms. The van der Waals surface area contributed by atoms with Crippen molar-refractivity contribution in [1.29, 1.82) is 10.5 Å². The van der Waals surface area contributed by atoms with Crippen molar-refractivity contribution in [3.8, 4) is 12.1 Å². The zero-order valence-electron chi connectivity index (χ0n) is 13.5. The van der Waals surface area contributed by atoms with Crippen molar-refractivity contribution < 1.29 is 60.6 Å². The van der Waals surface area contributed by atoms with Gasteiger partial charge in [0.15, 0.2) is 0 Å². The molecule has 6 heteroatoms. The Morgan fingerprint density at radius 3 is 1.81 bits per heavy atom. The molecular formula is C15H26KN2O2S+. The average molecular weight is 338 g/mol. The van der Waals surface area contributed by atoms with Crippen LogP contribution in [0.4, 0.5) is 0 Å². The molecule has 0 fully saturated rings. The van der Waals surface area contributed by atoms with Gasteiger partial charge in [-0.1, -0.05) is 64.7 Å². The average Bonchev–Trinajstić information content (AvgIpc) is 2.48. The number of rotatable bonds is 14. The first-order chi connectivity index (χ1) is 9.85. The van der Waals surface area contributed by atoms with Crippen molar-refractivity contribution in [2.45, 2.75) is 77.2 Å². The zero-order chi connectivity index (χ0) is 14.9. The molecule has 0 radical (unpaired) electrons. The van der Waals surface area contributed by atoms with Crippen LogP contribution >= 0.6 is 12.0 Å². The number of hydrogen-bond donors (Lipinski definition) is 0. The summed E-state index contributed by atoms with van der Waals surface area (Å²) in [6, 6.07) is 3.35. The van der Waals surface area contributed by atoms with E-state index in [0.717, 1.165) is 12.2 Å². The molecule has 21 heavy (non-hydrogen) atoms. The normalized spacial score (nSPS) is 9.90. The van der Waals surface area contributed by atoms with Gasteiger partial charge in [-0.15, -0.1) is 0 Å². The predicted octanol–water partition coefficient (Wildman–Crippen LogP) is 1.92. The number of hydrogen-bond acceptors (Lipinski definition) is 5. The van der Waals surface area contributed by atoms with Crippen LogP contribution in [0.1, 0.15) is 71.1 Å². The minimum atomic E-state index is -1.13. The van der Waals surface area contributed by atoms with Gasteiger partial charge < -0.3 is 0 Å². The van der Waals surface area contributed by atoms with Gasteiger partial charge >= 0.3 is 51.4 Å². The van der Waals surface area contributed by atoms with Crippen LogP contribution in [0.25, 0.3) is 0 Å². The molecule has 0 aromatic carbocycles. The minimum absolute atomic E-state index is 0. The van der Waals surface area contributed by atoms with E-state index in [2.05, 4.69) is 11.8 Å². The van der Waals surface area contributed by atoms with Gasteiger partial charge in [-0.2, -0.15) is 19.7 Å². The third kappa shape index (κ3) is 18.8. The van der Waals surface area contributed by atoms with Crippen molar-refractivity contribution in [1.82, 2.24) is 0 Å². The zero-order valence-corrected chi connectivity index (χ0v) is 17.4. The quantitative estimate of drug-likeness (QED) is 0.159. The molecule has 0 saturated heterocycles. The predicted molar refractivity (Wildman–Crippen MR) is 81.5 cm³/mol. The molecule has 114 valence electrons. The first-order valence-electron chi connectivity index (χ1n) is 7.59. The number of unbranched alkanes of at least 4 members (excludes halogenated alkanes) is 9. The van der Waals surface area contributed by atoms with Crippen molar-refractivity contribution in [2.24, 2.45) is 0 Å². The van der Waals surface area contributed by atoms with E-state index in [0.29, 0.717) is 0 Å². The van der Waals surface area contributed by atoms with Gasteiger partial charge in [-0.05, 0) is 6.42 Å². The SMILES string of the molecule is CCCCCCCCCCCCSOOC(C#N)C#N.[K+]. The molecule has 0 rings (SSSR count). The summed E-state index contributed by atoms with van der Waals surface area (Å²) in [6.45, 7) is 2.24. The first kappa shape index (κ1) is 24.1. The van der Waals surface area contributed by atoms with Gasteiger partial charge in [0.1, 0.15) is 12.1 Å². The van der Waals surface area contributed by atoms with E-state index in [1.165, 1.54) is 69.8 Å². The Morgan fingerprint density at radius 1 is 0.857 bits per heavy atom. The standard InChI is InChI=1S/C15H26N2O2S.K/c1-2-3-4-5-6-7-8-9-10-11-12-20-19-18-15(13-16)14-17;/h15H,2-12H2,1H3;/q;+1. The number of nitrogens with zero attached hydrogens (tertiary/aromatic N) is 2. The van der Waals surface area contributed by atoms with Crippen LogP contribution in [0.2, 0.25) is 0 Å². The Morgan fingerprint density at radius 2 is 1.33 bits per heavy atom. The van der Waals surface area contributed by atoms with E-state index in [1.807, 2.05) is 0 Å². The van der Waals surface area contributed by atoms with Crippen LogP contribution in [0, 0.1) is 22.7 Å². The second-order valence-electron chi connectivity index (χ2n) is 4.81. The van der Waals surface area contributed by atoms with Crippen LogP contribution < -0.4 is 51.4 Å². The van der Waals surface area contributed by atoms with Gasteiger partial charge in [0.25, 0.3) is 6.10 Å². The maximum absolute atomic E-state index is 8.43. The molecule has 0 aromatic heterocycles. The van der Waals surface area contributed by atoms with Crippen molar-refractivity contribution in [3.05, 3.63) is 0 Å². The van der Waals surface area contributed by atoms with Crippen LogP contribution in [-0.2, 0) is 9.22 Å². The fourth-order valence-electron chi connectivity index (χ4n) is 1.82. The molecule has 0 aromatic rings. The summed E-state index contributed by atoms with van der Waals surface area (Å²) in [6.07, 6.45) is 11.9. The minimum Gasteiger partial charge on any atom is -0.194 e. The van der Waals surface area contributed by atoms with Gasteiger partial charge in [0, 0.05) is 17.8 Å². The largest absolute Gasteiger partial charge is 1.00 e. The summed E-state index contributed by atoms with van der Waals surface area (Å²) in [5.74, 6) is 0.833. The third-order valence-corrected chi connectivity index (χ3v) is 3.63. The van der Waals surface area contributed by atoms with E-state index < -0.39 is 6.10 Å². The van der Waals surface area contributed by atoms with Gasteiger partial charge in [-0.25, -0.2) is 0 Å². The Bertz CT molecular complexity index is 278. The van der Waals surface area contributed by atoms with Crippen molar-refractivity contribution >= 4 is 12.0 Å². The molecule has 0 bridgehead atoms. The van der Waals surface area contributed by atoms with Crippen LogP contribution in [0.15, 0.2) is 0 Å². The summed E-state index contributed by atoms with van der Waals surface area (Å²) in [4.78, 5) is 4.57. The first-order valence-corrected chi connectivity index (χ1v) is 8.50. The summed E-state index contributed by atoms with van der Waals surface area (Å²) < 4.78 is 4.73. The van der Waals surface area contributed by atoms with Crippen LogP contribution in [0.3, 0.4) is 0 Å². The molecule has 0 amide bonds. The van der Waals surface area contributed by atoms with Crippen molar-refractivity contribution in [3.63, 3.8) is 0 Å². The molecule has 4 nitrogen and oxygen atoms in total. The topological polar surface area (TPSA) is 66.0 Å². The Hall–Kier alpha value is 0.886. The molecule has 0 unspecified atom stereocenters. The summed E-state index contributed by atoms with van der Waals surface area (Å²) in [5.41, 5.74) is 0. The van der Waals surface area contributed by atoms with Crippen molar-refractivity contribution in [2.75, 3.05) is 5.75 Å². The molecule has 0 aliphatic carbocycles. The smallest absolute Gasteiger partial charge is 0.194 e. The van der Waals surface area contributed by atoms with Crippen LogP contribution in [0.5, 0.6) is 0 Å². The summed E-state index contributed by atoms with van der Waals surface area (Å²) in [7, 11) is 0. The Kier molecular flexibility index (Phi) is 24.0. The summed E-state index contributed by atoms with van der Waals surface area (Å²) in [5, 5.41) is 16.9. The fraction of sp³-hybridized carbons (Fsp3) is 0.867. The molecule has 0 aliphatic heterocycles. The van der Waals surface area contributed by atoms with E-state index in [4.69, 9.17) is 14.9 Å². The Balaban J connectivity index is 0. The third-order valence-electron chi connectivity index (χ3n) is 3.00. The van der Waals surface area contributed by atoms with Gasteiger partial charge in [0.05, 0.1) is 0 Å². The monoisotopic (exact) mass is 337 g/mol. The number of nitriles is 2. The molecule has 0 atom stereocenters. The van der Waals surface area contributed by atoms with E-state index >= 15 is 0 Å². The summed E-state index contributed by atoms with van der Waals surface area (Å²) >= 11 is 1.17. The molecule has 0 saturated carbocycles. The second kappa shape index (κ2) is 20.9. The second-order valence-corrected chi connectivity index (χ2v) is 5.59. The Labute approximate surface area is 176 Å². The molecule has 0 N–H and O–H groups in total. The van der Waals surface area contributed by atoms with E-state index in [-0.39, 0.29) is 51.4 Å². The fourth-order valence-corrected chi connectivity index (χ4v) is 2.35.